The van der Waals surface area contributed by atoms with Gasteiger partial charge in [0, 0.05) is 18.7 Å². The van der Waals surface area contributed by atoms with Gasteiger partial charge in [0.25, 0.3) is 0 Å². The number of hydrogen-bond acceptors (Lipinski definition) is 3. The third-order valence-corrected chi connectivity index (χ3v) is 1.80. The Balaban J connectivity index is 2.65. The molecule has 0 aliphatic rings. The average Bonchev–Trinajstić information content (AvgIpc) is 2.20. The number of ether oxygens (including phenoxy) is 1. The second kappa shape index (κ2) is 5.54. The lowest BCUT2D eigenvalue weighted by atomic mass is 10.3. The topological polar surface area (TPSA) is 48.1 Å². The van der Waals surface area contributed by atoms with Crippen molar-refractivity contribution in [3.63, 3.8) is 0 Å². The maximum Gasteiger partial charge on any atom is 0.142 e. The van der Waals surface area contributed by atoms with Crippen LogP contribution in [-0.2, 0) is 6.54 Å². The minimum atomic E-state index is -0.364. The minimum absolute atomic E-state index is 0.340. The quantitative estimate of drug-likeness (QED) is 0.731. The zero-order valence-electron chi connectivity index (χ0n) is 8.29. The highest BCUT2D eigenvalue weighted by molar-refractivity contribution is 5.28. The molecule has 0 fully saturated rings. The van der Waals surface area contributed by atoms with Crippen LogP contribution in [0.1, 0.15) is 17.8 Å². The van der Waals surface area contributed by atoms with E-state index in [2.05, 4.69) is 4.98 Å². The lowest BCUT2D eigenvalue weighted by molar-refractivity contribution is 0.286. The van der Waals surface area contributed by atoms with Crippen LogP contribution in [0.4, 0.5) is 4.39 Å². The van der Waals surface area contributed by atoms with Gasteiger partial charge in [0.05, 0.1) is 19.0 Å². The number of nitrogens with zero attached hydrogens (tertiary/aromatic N) is 1. The van der Waals surface area contributed by atoms with E-state index in [1.54, 1.807) is 0 Å². The number of aryl methyl sites for hydroxylation is 1. The highest BCUT2D eigenvalue weighted by Crippen LogP contribution is 2.16. The highest BCUT2D eigenvalue weighted by atomic mass is 19.1. The summed E-state index contributed by atoms with van der Waals surface area (Å²) in [7, 11) is 0. The van der Waals surface area contributed by atoms with Crippen LogP contribution in [0.25, 0.3) is 0 Å². The van der Waals surface area contributed by atoms with Gasteiger partial charge in [0.2, 0.25) is 0 Å². The predicted molar refractivity (Wildman–Crippen MR) is 53.0 cm³/mol. The van der Waals surface area contributed by atoms with Crippen molar-refractivity contribution in [3.05, 3.63) is 23.5 Å². The first-order valence-electron chi connectivity index (χ1n) is 4.63. The Labute approximate surface area is 83.1 Å². The summed E-state index contributed by atoms with van der Waals surface area (Å²) < 4.78 is 17.2. The van der Waals surface area contributed by atoms with Gasteiger partial charge in [-0.15, -0.1) is 0 Å². The fraction of sp³-hybridized carbons (Fsp3) is 0.500. The number of rotatable bonds is 5. The molecule has 1 aromatic rings. The van der Waals surface area contributed by atoms with Gasteiger partial charge < -0.3 is 10.5 Å². The number of pyridine rings is 1. The normalized spacial score (nSPS) is 10.2. The van der Waals surface area contributed by atoms with Gasteiger partial charge in [-0.3, -0.25) is 9.37 Å². The average molecular weight is 198 g/mol. The number of hydrogen-bond donors (Lipinski definition) is 1. The van der Waals surface area contributed by atoms with Gasteiger partial charge in [0.15, 0.2) is 0 Å². The molecule has 2 N–H and O–H groups in total. The van der Waals surface area contributed by atoms with Crippen LogP contribution in [0, 0.1) is 6.92 Å². The zero-order chi connectivity index (χ0) is 10.4. The van der Waals surface area contributed by atoms with Crippen molar-refractivity contribution in [1.82, 2.24) is 4.98 Å². The van der Waals surface area contributed by atoms with Crippen molar-refractivity contribution in [1.29, 1.82) is 0 Å². The van der Waals surface area contributed by atoms with Crippen LogP contribution >= 0.6 is 0 Å². The third-order valence-electron chi connectivity index (χ3n) is 1.80. The summed E-state index contributed by atoms with van der Waals surface area (Å²) in [5, 5.41) is 0. The fourth-order valence-electron chi connectivity index (χ4n) is 1.11. The summed E-state index contributed by atoms with van der Waals surface area (Å²) in [5.74, 6) is 0.659. The van der Waals surface area contributed by atoms with Crippen molar-refractivity contribution < 1.29 is 9.13 Å². The Hall–Kier alpha value is -1.16. The molecule has 0 spiro atoms. The monoisotopic (exact) mass is 198 g/mol. The standard InChI is InChI=1S/C10H15FN2O/c1-8-3-4-10(9(7-12)13-8)14-6-2-5-11/h3-4H,2,5-7,12H2,1H3. The van der Waals surface area contributed by atoms with E-state index in [-0.39, 0.29) is 6.67 Å². The van der Waals surface area contributed by atoms with Gasteiger partial charge in [-0.2, -0.15) is 0 Å². The van der Waals surface area contributed by atoms with E-state index < -0.39 is 0 Å². The van der Waals surface area contributed by atoms with Crippen LogP contribution in [0.3, 0.4) is 0 Å². The second-order valence-electron chi connectivity index (χ2n) is 2.99. The third kappa shape index (κ3) is 2.96. The minimum Gasteiger partial charge on any atom is -0.492 e. The molecule has 1 aromatic heterocycles. The Morgan fingerprint density at radius 1 is 1.50 bits per heavy atom. The number of halogens is 1. The molecule has 0 bridgehead atoms. The fourth-order valence-corrected chi connectivity index (χ4v) is 1.11. The summed E-state index contributed by atoms with van der Waals surface area (Å²) in [6.07, 6.45) is 0.401. The SMILES string of the molecule is Cc1ccc(OCCCF)c(CN)n1. The summed E-state index contributed by atoms with van der Waals surface area (Å²) in [6.45, 7) is 2.24. The van der Waals surface area contributed by atoms with Crippen LogP contribution in [-0.4, -0.2) is 18.3 Å². The highest BCUT2D eigenvalue weighted by Gasteiger charge is 2.03. The Morgan fingerprint density at radius 3 is 2.93 bits per heavy atom. The number of alkyl halides is 1. The Kier molecular flexibility index (Phi) is 4.32. The van der Waals surface area contributed by atoms with E-state index in [1.165, 1.54) is 0 Å². The van der Waals surface area contributed by atoms with E-state index >= 15 is 0 Å². The molecule has 0 saturated carbocycles. The van der Waals surface area contributed by atoms with E-state index in [1.807, 2.05) is 19.1 Å². The zero-order valence-corrected chi connectivity index (χ0v) is 8.29. The predicted octanol–water partition coefficient (Wildman–Crippen LogP) is 1.59. The van der Waals surface area contributed by atoms with Gasteiger partial charge in [-0.25, -0.2) is 0 Å². The lowest BCUT2D eigenvalue weighted by Crippen LogP contribution is -2.06. The van der Waals surface area contributed by atoms with Crippen LogP contribution in [0.5, 0.6) is 5.75 Å². The summed E-state index contributed by atoms with van der Waals surface area (Å²) >= 11 is 0. The Bertz CT molecular complexity index is 291. The molecular weight excluding hydrogens is 183 g/mol. The van der Waals surface area contributed by atoms with Crippen molar-refractivity contribution in [2.45, 2.75) is 19.9 Å². The Morgan fingerprint density at radius 2 is 2.29 bits per heavy atom. The van der Waals surface area contributed by atoms with E-state index in [0.717, 1.165) is 11.4 Å². The molecule has 1 heterocycles. The van der Waals surface area contributed by atoms with Crippen LogP contribution in [0.2, 0.25) is 0 Å². The first-order valence-corrected chi connectivity index (χ1v) is 4.63. The first-order chi connectivity index (χ1) is 6.77. The molecular formula is C10H15FN2O. The van der Waals surface area contributed by atoms with E-state index in [0.29, 0.717) is 25.3 Å². The molecule has 0 aromatic carbocycles. The molecule has 0 amide bonds. The van der Waals surface area contributed by atoms with Crippen molar-refractivity contribution in [2.24, 2.45) is 5.73 Å². The molecule has 78 valence electrons. The number of nitrogens with two attached hydrogens (primary N) is 1. The van der Waals surface area contributed by atoms with Crippen molar-refractivity contribution in [2.75, 3.05) is 13.3 Å². The molecule has 0 aliphatic heterocycles. The first kappa shape index (κ1) is 10.9. The molecule has 0 atom stereocenters. The summed E-state index contributed by atoms with van der Waals surface area (Å²) in [6, 6.07) is 3.67. The smallest absolute Gasteiger partial charge is 0.142 e. The molecule has 4 heteroatoms. The maximum atomic E-state index is 11.8. The molecule has 0 aliphatic carbocycles. The second-order valence-corrected chi connectivity index (χ2v) is 2.99. The van der Waals surface area contributed by atoms with Gasteiger partial charge in [-0.05, 0) is 19.1 Å². The van der Waals surface area contributed by atoms with Crippen molar-refractivity contribution >= 4 is 0 Å². The van der Waals surface area contributed by atoms with E-state index in [9.17, 15) is 4.39 Å². The van der Waals surface area contributed by atoms with Crippen LogP contribution < -0.4 is 10.5 Å². The molecule has 1 rings (SSSR count). The maximum absolute atomic E-state index is 11.8. The molecule has 0 radical (unpaired) electrons. The summed E-state index contributed by atoms with van der Waals surface area (Å²) in [5.41, 5.74) is 7.14. The van der Waals surface area contributed by atoms with Gasteiger partial charge in [0.1, 0.15) is 5.75 Å². The molecule has 3 nitrogen and oxygen atoms in total. The van der Waals surface area contributed by atoms with E-state index in [4.69, 9.17) is 10.5 Å². The molecule has 0 saturated heterocycles. The van der Waals surface area contributed by atoms with Gasteiger partial charge in [-0.1, -0.05) is 0 Å². The van der Waals surface area contributed by atoms with Gasteiger partial charge >= 0.3 is 0 Å². The lowest BCUT2D eigenvalue weighted by Gasteiger charge is -2.09. The largest absolute Gasteiger partial charge is 0.492 e. The van der Waals surface area contributed by atoms with Crippen LogP contribution in [0.15, 0.2) is 12.1 Å². The van der Waals surface area contributed by atoms with Crippen molar-refractivity contribution in [3.8, 4) is 5.75 Å². The number of aromatic nitrogens is 1. The molecule has 0 unspecified atom stereocenters. The molecule has 14 heavy (non-hydrogen) atoms. The summed E-state index contributed by atoms with van der Waals surface area (Å²) in [4.78, 5) is 4.23.